The number of fused-ring (bicyclic) bond motifs is 2. The van der Waals surface area contributed by atoms with E-state index in [2.05, 4.69) is 6.58 Å². The van der Waals surface area contributed by atoms with Gasteiger partial charge in [0, 0.05) is 18.4 Å². The van der Waals surface area contributed by atoms with E-state index in [4.69, 9.17) is 14.2 Å². The molecule has 3 aliphatic rings. The Balaban J connectivity index is 1.97. The van der Waals surface area contributed by atoms with Crippen LogP contribution in [0.25, 0.3) is 0 Å². The van der Waals surface area contributed by atoms with E-state index in [-0.39, 0.29) is 18.0 Å². The Morgan fingerprint density at radius 3 is 2.80 bits per heavy atom. The summed E-state index contributed by atoms with van der Waals surface area (Å²) in [5.74, 6) is -1.56. The second-order valence-electron chi connectivity index (χ2n) is 7.84. The summed E-state index contributed by atoms with van der Waals surface area (Å²) in [6.07, 6.45) is 0.727. The van der Waals surface area contributed by atoms with Crippen LogP contribution in [0.15, 0.2) is 23.8 Å². The Bertz CT molecular complexity index is 636. The quantitative estimate of drug-likeness (QED) is 0.354. The predicted octanol–water partition coefficient (Wildman–Crippen LogP) is 1.91. The van der Waals surface area contributed by atoms with Crippen LogP contribution in [0.4, 0.5) is 0 Å². The second-order valence-corrected chi connectivity index (χ2v) is 7.84. The zero-order valence-corrected chi connectivity index (χ0v) is 15.2. The number of esters is 2. The van der Waals surface area contributed by atoms with Crippen molar-refractivity contribution in [1.29, 1.82) is 0 Å². The third kappa shape index (κ3) is 3.37. The minimum Gasteiger partial charge on any atom is -0.461 e. The van der Waals surface area contributed by atoms with Crippen molar-refractivity contribution >= 4 is 11.9 Å². The van der Waals surface area contributed by atoms with Gasteiger partial charge in [0.2, 0.25) is 0 Å². The van der Waals surface area contributed by atoms with Gasteiger partial charge in [-0.1, -0.05) is 20.4 Å². The van der Waals surface area contributed by atoms with Gasteiger partial charge in [-0.3, -0.25) is 4.79 Å². The van der Waals surface area contributed by atoms with Gasteiger partial charge in [-0.15, -0.1) is 0 Å². The lowest BCUT2D eigenvalue weighted by Gasteiger charge is -2.29. The summed E-state index contributed by atoms with van der Waals surface area (Å²) in [6.45, 7) is 11.1. The molecule has 0 saturated carbocycles. The van der Waals surface area contributed by atoms with Crippen molar-refractivity contribution in [1.82, 2.24) is 0 Å². The maximum Gasteiger partial charge on any atom is 0.334 e. The van der Waals surface area contributed by atoms with Crippen LogP contribution in [-0.4, -0.2) is 47.1 Å². The molecule has 2 saturated heterocycles. The fourth-order valence-corrected chi connectivity index (χ4v) is 3.63. The number of carbonyl (C=O) groups excluding carboxylic acids is 2. The zero-order valence-electron chi connectivity index (χ0n) is 15.2. The molecule has 0 aromatic heterocycles. The number of carbonyl (C=O) groups is 2. The predicted molar refractivity (Wildman–Crippen MR) is 89.5 cm³/mol. The van der Waals surface area contributed by atoms with E-state index < -0.39 is 35.8 Å². The highest BCUT2D eigenvalue weighted by Crippen LogP contribution is 2.47. The third-order valence-corrected chi connectivity index (χ3v) is 5.43. The fourth-order valence-electron chi connectivity index (χ4n) is 3.63. The fraction of sp³-hybridized carbons (Fsp3) is 0.684. The maximum atomic E-state index is 12.2. The van der Waals surface area contributed by atoms with Gasteiger partial charge in [0.25, 0.3) is 0 Å². The molecular weight excluding hydrogens is 324 g/mol. The highest BCUT2D eigenvalue weighted by Gasteiger charge is 2.57. The van der Waals surface area contributed by atoms with Crippen LogP contribution in [-0.2, 0) is 23.8 Å². The molecule has 3 rings (SSSR count). The summed E-state index contributed by atoms with van der Waals surface area (Å²) in [6, 6.07) is 0. The van der Waals surface area contributed by atoms with E-state index in [9.17, 15) is 14.7 Å². The number of aliphatic hydroxyl groups excluding tert-OH is 1. The molecule has 25 heavy (non-hydrogen) atoms. The summed E-state index contributed by atoms with van der Waals surface area (Å²) < 4.78 is 17.0. The van der Waals surface area contributed by atoms with Crippen LogP contribution in [0, 0.1) is 11.8 Å². The Morgan fingerprint density at radius 2 is 2.16 bits per heavy atom. The molecule has 0 bridgehead atoms. The molecule has 1 aliphatic carbocycles. The molecule has 0 radical (unpaired) electrons. The molecule has 6 heteroatoms. The summed E-state index contributed by atoms with van der Waals surface area (Å²) >= 11 is 0. The number of ether oxygens (including phenoxy) is 3. The van der Waals surface area contributed by atoms with Gasteiger partial charge in [0.15, 0.2) is 0 Å². The van der Waals surface area contributed by atoms with Crippen LogP contribution < -0.4 is 0 Å². The number of aliphatic hydroxyl groups is 1. The minimum absolute atomic E-state index is 0.103. The second kappa shape index (κ2) is 6.25. The lowest BCUT2D eigenvalue weighted by Crippen LogP contribution is -2.38. The molecule has 0 aromatic rings. The molecule has 6 nitrogen and oxygen atoms in total. The van der Waals surface area contributed by atoms with Crippen LogP contribution in [0.3, 0.4) is 0 Å². The topological polar surface area (TPSA) is 85.4 Å². The lowest BCUT2D eigenvalue weighted by molar-refractivity contribution is -0.157. The largest absolute Gasteiger partial charge is 0.461 e. The number of epoxide rings is 1. The average Bonchev–Trinajstić information content (AvgIpc) is 3.04. The Kier molecular flexibility index (Phi) is 4.54. The Morgan fingerprint density at radius 1 is 1.48 bits per heavy atom. The van der Waals surface area contributed by atoms with Gasteiger partial charge in [-0.2, -0.15) is 0 Å². The highest BCUT2D eigenvalue weighted by atomic mass is 16.6. The van der Waals surface area contributed by atoms with Crippen LogP contribution >= 0.6 is 0 Å². The summed E-state index contributed by atoms with van der Waals surface area (Å²) in [4.78, 5) is 24.3. The first-order valence-electron chi connectivity index (χ1n) is 8.77. The number of hydrogen-bond donors (Lipinski definition) is 1. The normalized spacial score (nSPS) is 42.8. The van der Waals surface area contributed by atoms with Crippen molar-refractivity contribution in [3.63, 3.8) is 0 Å². The zero-order chi connectivity index (χ0) is 18.5. The van der Waals surface area contributed by atoms with Crippen molar-refractivity contribution in [3.05, 3.63) is 23.8 Å². The molecule has 2 heterocycles. The lowest BCUT2D eigenvalue weighted by atomic mass is 9.82. The molecule has 138 valence electrons. The molecular formula is C19H26O6. The Labute approximate surface area is 147 Å². The van der Waals surface area contributed by atoms with E-state index in [1.165, 1.54) is 0 Å². The van der Waals surface area contributed by atoms with Gasteiger partial charge in [0.1, 0.15) is 12.2 Å². The van der Waals surface area contributed by atoms with Crippen LogP contribution in [0.1, 0.15) is 40.5 Å². The minimum atomic E-state index is -0.658. The first-order valence-corrected chi connectivity index (χ1v) is 8.77. The highest BCUT2D eigenvalue weighted by molar-refractivity contribution is 5.91. The van der Waals surface area contributed by atoms with E-state index in [0.29, 0.717) is 24.0 Å². The smallest absolute Gasteiger partial charge is 0.334 e. The summed E-state index contributed by atoms with van der Waals surface area (Å²) in [7, 11) is 0. The summed E-state index contributed by atoms with van der Waals surface area (Å²) in [5, 5.41) is 10.4. The average molecular weight is 350 g/mol. The molecule has 6 atom stereocenters. The van der Waals surface area contributed by atoms with Gasteiger partial charge < -0.3 is 19.3 Å². The van der Waals surface area contributed by atoms with Gasteiger partial charge >= 0.3 is 11.9 Å². The standard InChI is InChI=1S/C19H26O6/c1-9(2)17(21)24-14-8-19(5)15(25-19)7-12(20)10(3)6-13-16(14)11(4)18(22)23-13/h6,9,12-16,20H,4,7-8H2,1-3,5H3/b10-6-/t12-,13-,14+,15+,16-,19+/m0/s1. The molecule has 0 amide bonds. The van der Waals surface area contributed by atoms with E-state index in [0.717, 1.165) is 0 Å². The molecule has 2 aliphatic heterocycles. The first kappa shape index (κ1) is 18.1. The summed E-state index contributed by atoms with van der Waals surface area (Å²) in [5.41, 5.74) is 0.523. The molecule has 0 unspecified atom stereocenters. The van der Waals surface area contributed by atoms with Gasteiger partial charge in [-0.25, -0.2) is 4.79 Å². The van der Waals surface area contributed by atoms with Gasteiger partial charge in [-0.05, 0) is 25.5 Å². The van der Waals surface area contributed by atoms with Crippen molar-refractivity contribution in [3.8, 4) is 0 Å². The molecule has 1 N–H and O–H groups in total. The van der Waals surface area contributed by atoms with Gasteiger partial charge in [0.05, 0.1) is 29.6 Å². The third-order valence-electron chi connectivity index (χ3n) is 5.43. The number of hydrogen-bond acceptors (Lipinski definition) is 6. The van der Waals surface area contributed by atoms with Crippen LogP contribution in [0.2, 0.25) is 0 Å². The van der Waals surface area contributed by atoms with Crippen LogP contribution in [0.5, 0.6) is 0 Å². The van der Waals surface area contributed by atoms with Crippen molar-refractivity contribution in [2.24, 2.45) is 11.8 Å². The Hall–Kier alpha value is -1.66. The van der Waals surface area contributed by atoms with Crippen molar-refractivity contribution in [2.45, 2.75) is 70.6 Å². The van der Waals surface area contributed by atoms with Crippen molar-refractivity contribution in [2.75, 3.05) is 0 Å². The van der Waals surface area contributed by atoms with E-state index in [1.807, 2.05) is 6.92 Å². The maximum absolute atomic E-state index is 12.2. The molecule has 0 aromatic carbocycles. The van der Waals surface area contributed by atoms with E-state index in [1.54, 1.807) is 26.8 Å². The monoisotopic (exact) mass is 350 g/mol. The first-order chi connectivity index (χ1) is 11.6. The van der Waals surface area contributed by atoms with E-state index >= 15 is 0 Å². The van der Waals surface area contributed by atoms with Crippen molar-refractivity contribution < 1.29 is 28.9 Å². The molecule has 0 spiro atoms. The molecule has 2 fully saturated rings. The SMILES string of the molecule is C=C1C(=O)O[C@H]2/C=C(/C)[C@@H](O)C[C@H]3O[C@]3(C)C[C@@H](OC(=O)C(C)C)[C@@H]12. The number of rotatable bonds is 2.